The molecule has 0 N–H and O–H groups in total. The fourth-order valence-electron chi connectivity index (χ4n) is 4.88. The number of halogens is 1. The van der Waals surface area contributed by atoms with Crippen molar-refractivity contribution in [2.45, 2.75) is 56.8 Å². The van der Waals surface area contributed by atoms with Gasteiger partial charge in [0.15, 0.2) is 0 Å². The number of aromatic nitrogens is 1. The zero-order valence-corrected chi connectivity index (χ0v) is 17.6. The molecule has 0 saturated carbocycles. The predicted molar refractivity (Wildman–Crippen MR) is 110 cm³/mol. The van der Waals surface area contributed by atoms with Gasteiger partial charge in [-0.15, -0.1) is 0 Å². The Labute approximate surface area is 170 Å². The molecular formula is C22H27BrN2O2. The van der Waals surface area contributed by atoms with Crippen LogP contribution in [0.4, 0.5) is 0 Å². The van der Waals surface area contributed by atoms with Crippen LogP contribution in [-0.4, -0.2) is 35.7 Å². The van der Waals surface area contributed by atoms with E-state index >= 15 is 0 Å². The van der Waals surface area contributed by atoms with Gasteiger partial charge in [0.05, 0.1) is 24.4 Å². The number of hydrogen-bond acceptors (Lipinski definition) is 4. The van der Waals surface area contributed by atoms with Crippen molar-refractivity contribution >= 4 is 15.9 Å². The van der Waals surface area contributed by atoms with Gasteiger partial charge >= 0.3 is 0 Å². The molecule has 2 saturated heterocycles. The average molecular weight is 431 g/mol. The SMILES string of the molecule is CCOC1CC2CCC(c3ccc(Br)cn3)(C1)N2Cc1ccc(OC)cc1. The maximum Gasteiger partial charge on any atom is 0.118 e. The quantitative estimate of drug-likeness (QED) is 0.651. The highest BCUT2D eigenvalue weighted by Gasteiger charge is 2.53. The van der Waals surface area contributed by atoms with Gasteiger partial charge in [-0.1, -0.05) is 12.1 Å². The second kappa shape index (κ2) is 7.90. The largest absolute Gasteiger partial charge is 0.497 e. The first-order chi connectivity index (χ1) is 13.1. The Balaban J connectivity index is 1.66. The maximum absolute atomic E-state index is 6.08. The minimum Gasteiger partial charge on any atom is -0.497 e. The fourth-order valence-corrected chi connectivity index (χ4v) is 5.12. The van der Waals surface area contributed by atoms with E-state index in [2.05, 4.69) is 64.2 Å². The number of fused-ring (bicyclic) bond motifs is 2. The Hall–Kier alpha value is -1.43. The Bertz CT molecular complexity index is 765. The lowest BCUT2D eigenvalue weighted by atomic mass is 9.82. The third-order valence-electron chi connectivity index (χ3n) is 6.10. The Kier molecular flexibility index (Phi) is 5.53. The van der Waals surface area contributed by atoms with E-state index in [1.54, 1.807) is 7.11 Å². The predicted octanol–water partition coefficient (Wildman–Crippen LogP) is 4.91. The number of rotatable bonds is 6. The fraction of sp³-hybridized carbons (Fsp3) is 0.500. The minimum atomic E-state index is -0.0383. The van der Waals surface area contributed by atoms with Crippen LogP contribution >= 0.6 is 15.9 Å². The van der Waals surface area contributed by atoms with E-state index in [1.165, 1.54) is 17.7 Å². The maximum atomic E-state index is 6.08. The number of hydrogen-bond donors (Lipinski definition) is 0. The molecule has 1 aromatic heterocycles. The third-order valence-corrected chi connectivity index (χ3v) is 6.57. The van der Waals surface area contributed by atoms with Gasteiger partial charge in [-0.05, 0) is 78.4 Å². The second-order valence-corrected chi connectivity index (χ2v) is 8.49. The standard InChI is InChI=1S/C22H27BrN2O2/c1-3-27-20-12-18-10-11-22(13-20,21-9-6-17(23)14-24-21)25(18)15-16-4-7-19(26-2)8-5-16/h4-9,14,18,20H,3,10-13,15H2,1-2H3. The molecule has 0 aliphatic carbocycles. The zero-order valence-electron chi connectivity index (χ0n) is 16.0. The van der Waals surface area contributed by atoms with Crippen LogP contribution in [0.2, 0.25) is 0 Å². The first-order valence-electron chi connectivity index (χ1n) is 9.78. The van der Waals surface area contributed by atoms with Gasteiger partial charge in [0.2, 0.25) is 0 Å². The lowest BCUT2D eigenvalue weighted by molar-refractivity contribution is -0.0608. The molecule has 5 heteroatoms. The van der Waals surface area contributed by atoms with Crippen molar-refractivity contribution in [3.05, 3.63) is 58.3 Å². The minimum absolute atomic E-state index is 0.0383. The van der Waals surface area contributed by atoms with E-state index in [1.807, 2.05) is 6.20 Å². The molecule has 4 nitrogen and oxygen atoms in total. The third kappa shape index (κ3) is 3.65. The molecule has 1 aromatic carbocycles. The smallest absolute Gasteiger partial charge is 0.118 e. The van der Waals surface area contributed by atoms with Gasteiger partial charge in [0.25, 0.3) is 0 Å². The molecule has 2 aliphatic heterocycles. The number of nitrogens with zero attached hydrogens (tertiary/aromatic N) is 2. The van der Waals surface area contributed by atoms with Gasteiger partial charge in [-0.2, -0.15) is 0 Å². The van der Waals surface area contributed by atoms with Crippen molar-refractivity contribution in [1.82, 2.24) is 9.88 Å². The molecule has 0 radical (unpaired) electrons. The van der Waals surface area contributed by atoms with Crippen LogP contribution in [0.3, 0.4) is 0 Å². The van der Waals surface area contributed by atoms with Crippen LogP contribution in [0.1, 0.15) is 43.9 Å². The Morgan fingerprint density at radius 2 is 2.04 bits per heavy atom. The molecule has 0 spiro atoms. The van der Waals surface area contributed by atoms with Crippen LogP contribution in [0.25, 0.3) is 0 Å². The molecule has 0 amide bonds. The first kappa shape index (κ1) is 18.9. The van der Waals surface area contributed by atoms with Crippen LogP contribution in [0.5, 0.6) is 5.75 Å². The molecule has 2 fully saturated rings. The van der Waals surface area contributed by atoms with Crippen molar-refractivity contribution in [2.75, 3.05) is 13.7 Å². The topological polar surface area (TPSA) is 34.6 Å². The van der Waals surface area contributed by atoms with Crippen molar-refractivity contribution in [1.29, 1.82) is 0 Å². The Morgan fingerprint density at radius 1 is 1.22 bits per heavy atom. The lowest BCUT2D eigenvalue weighted by Crippen LogP contribution is -2.52. The summed E-state index contributed by atoms with van der Waals surface area (Å²) in [5.41, 5.74) is 2.45. The van der Waals surface area contributed by atoms with E-state index in [0.717, 1.165) is 42.6 Å². The van der Waals surface area contributed by atoms with Gasteiger partial charge < -0.3 is 9.47 Å². The molecule has 3 unspecified atom stereocenters. The van der Waals surface area contributed by atoms with Crippen molar-refractivity contribution in [3.8, 4) is 5.75 Å². The monoisotopic (exact) mass is 430 g/mol. The molecular weight excluding hydrogens is 404 g/mol. The number of methoxy groups -OCH3 is 1. The summed E-state index contributed by atoms with van der Waals surface area (Å²) in [6.07, 6.45) is 6.72. The van der Waals surface area contributed by atoms with Crippen molar-refractivity contribution in [2.24, 2.45) is 0 Å². The summed E-state index contributed by atoms with van der Waals surface area (Å²) in [6.45, 7) is 3.81. The van der Waals surface area contributed by atoms with Crippen LogP contribution in [-0.2, 0) is 16.8 Å². The van der Waals surface area contributed by atoms with E-state index in [9.17, 15) is 0 Å². The Morgan fingerprint density at radius 3 is 2.70 bits per heavy atom. The second-order valence-electron chi connectivity index (χ2n) is 7.58. The van der Waals surface area contributed by atoms with Crippen molar-refractivity contribution in [3.63, 3.8) is 0 Å². The molecule has 144 valence electrons. The number of ether oxygens (including phenoxy) is 2. The summed E-state index contributed by atoms with van der Waals surface area (Å²) in [4.78, 5) is 7.50. The highest BCUT2D eigenvalue weighted by atomic mass is 79.9. The highest BCUT2D eigenvalue weighted by Crippen LogP contribution is 2.51. The van der Waals surface area contributed by atoms with Gasteiger partial charge in [-0.3, -0.25) is 9.88 Å². The number of benzene rings is 1. The van der Waals surface area contributed by atoms with Crippen molar-refractivity contribution < 1.29 is 9.47 Å². The normalized spacial score (nSPS) is 27.7. The van der Waals surface area contributed by atoms with Crippen LogP contribution in [0, 0.1) is 0 Å². The molecule has 3 heterocycles. The summed E-state index contributed by atoms with van der Waals surface area (Å²) in [5.74, 6) is 0.904. The van der Waals surface area contributed by atoms with E-state index in [0.29, 0.717) is 12.1 Å². The molecule has 3 atom stereocenters. The van der Waals surface area contributed by atoms with Gasteiger partial charge in [0.1, 0.15) is 5.75 Å². The molecule has 2 aliphatic rings. The number of piperidine rings is 1. The highest BCUT2D eigenvalue weighted by molar-refractivity contribution is 9.10. The lowest BCUT2D eigenvalue weighted by Gasteiger charge is -2.47. The molecule has 2 bridgehead atoms. The molecule has 4 rings (SSSR count). The summed E-state index contributed by atoms with van der Waals surface area (Å²) in [7, 11) is 1.71. The van der Waals surface area contributed by atoms with Crippen LogP contribution in [0.15, 0.2) is 47.1 Å². The zero-order chi connectivity index (χ0) is 18.9. The summed E-state index contributed by atoms with van der Waals surface area (Å²) < 4.78 is 12.4. The summed E-state index contributed by atoms with van der Waals surface area (Å²) in [6, 6.07) is 13.3. The summed E-state index contributed by atoms with van der Waals surface area (Å²) in [5, 5.41) is 0. The van der Waals surface area contributed by atoms with Crippen LogP contribution < -0.4 is 4.74 Å². The van der Waals surface area contributed by atoms with E-state index in [-0.39, 0.29) is 5.54 Å². The molecule has 27 heavy (non-hydrogen) atoms. The van der Waals surface area contributed by atoms with E-state index < -0.39 is 0 Å². The average Bonchev–Trinajstić information content (AvgIpc) is 2.89. The van der Waals surface area contributed by atoms with E-state index in [4.69, 9.17) is 14.5 Å². The van der Waals surface area contributed by atoms with Gasteiger partial charge in [0, 0.05) is 29.9 Å². The van der Waals surface area contributed by atoms with Gasteiger partial charge in [-0.25, -0.2) is 0 Å². The first-order valence-corrected chi connectivity index (χ1v) is 10.6. The molecule has 2 aromatic rings. The summed E-state index contributed by atoms with van der Waals surface area (Å²) >= 11 is 3.53. The number of pyridine rings is 1.